The van der Waals surface area contributed by atoms with Crippen LogP contribution in [0.2, 0.25) is 0 Å². The first-order valence-corrected chi connectivity index (χ1v) is 8.15. The maximum absolute atomic E-state index is 10.8. The smallest absolute Gasteiger partial charge is 0.132 e. The molecule has 1 aliphatic heterocycles. The third-order valence-electron chi connectivity index (χ3n) is 4.45. The minimum absolute atomic E-state index is 0.637. The highest BCUT2D eigenvalue weighted by Crippen LogP contribution is 2.54. The van der Waals surface area contributed by atoms with Crippen molar-refractivity contribution in [3.63, 3.8) is 0 Å². The first-order valence-electron chi connectivity index (χ1n) is 7.10. The van der Waals surface area contributed by atoms with E-state index in [1.54, 1.807) is 24.3 Å². The third kappa shape index (κ3) is 2.13. The zero-order chi connectivity index (χ0) is 15.2. The first-order chi connectivity index (χ1) is 10.0. The molecule has 116 valence electrons. The molecule has 1 aromatic rings. The lowest BCUT2D eigenvalue weighted by atomic mass is 9.57. The van der Waals surface area contributed by atoms with E-state index in [4.69, 9.17) is 4.74 Å². The molecule has 4 N–H and O–H groups in total. The van der Waals surface area contributed by atoms with Gasteiger partial charge in [-0.25, -0.2) is 0 Å². The van der Waals surface area contributed by atoms with Gasteiger partial charge < -0.3 is 25.2 Å². The summed E-state index contributed by atoms with van der Waals surface area (Å²) in [5, 5.41) is 41.7. The molecule has 1 saturated heterocycles. The standard InChI is InChI=1S/C15H20O5S/c1-2-21-14-11(17)12(18)15(19)9(10(16)13(15)20-14)8-6-4-3-5-7-8/h3-7,9-14,16-19H,2H2,1H3/t9?,10?,11-,12-,13-,14?,15-/m1/s1. The summed E-state index contributed by atoms with van der Waals surface area (Å²) in [6.45, 7) is 1.91. The first kappa shape index (κ1) is 15.3. The van der Waals surface area contributed by atoms with Gasteiger partial charge in [-0.05, 0) is 11.3 Å². The molecule has 1 aromatic carbocycles. The second kappa shape index (κ2) is 5.53. The summed E-state index contributed by atoms with van der Waals surface area (Å²) in [5.41, 5.74) is -1.58. The van der Waals surface area contributed by atoms with Gasteiger partial charge in [0, 0.05) is 5.92 Å². The quantitative estimate of drug-likeness (QED) is 0.632. The Kier molecular flexibility index (Phi) is 4.02. The Balaban J connectivity index is 1.90. The summed E-state index contributed by atoms with van der Waals surface area (Å²) in [7, 11) is 0. The van der Waals surface area contributed by atoms with Gasteiger partial charge in [0.05, 0.1) is 6.10 Å². The molecule has 0 spiro atoms. The van der Waals surface area contributed by atoms with Gasteiger partial charge in [0.1, 0.15) is 29.3 Å². The Morgan fingerprint density at radius 3 is 2.43 bits per heavy atom. The van der Waals surface area contributed by atoms with E-state index in [2.05, 4.69) is 0 Å². The molecule has 5 nitrogen and oxygen atoms in total. The molecular weight excluding hydrogens is 292 g/mol. The van der Waals surface area contributed by atoms with Crippen LogP contribution in [0.4, 0.5) is 0 Å². The highest BCUT2D eigenvalue weighted by Gasteiger charge is 2.70. The number of thioether (sulfide) groups is 1. The molecule has 7 atom stereocenters. The van der Waals surface area contributed by atoms with E-state index in [1.165, 1.54) is 11.8 Å². The minimum Gasteiger partial charge on any atom is -0.390 e. The number of aliphatic hydroxyl groups is 4. The number of fused-ring (bicyclic) bond motifs is 1. The molecule has 1 saturated carbocycles. The lowest BCUT2D eigenvalue weighted by molar-refractivity contribution is -0.336. The third-order valence-corrected chi connectivity index (χ3v) is 5.50. The lowest BCUT2D eigenvalue weighted by Gasteiger charge is -2.62. The van der Waals surface area contributed by atoms with E-state index in [0.29, 0.717) is 5.75 Å². The van der Waals surface area contributed by atoms with Gasteiger partial charge in [0.25, 0.3) is 0 Å². The second-order valence-corrected chi connectivity index (χ2v) is 6.96. The van der Waals surface area contributed by atoms with Crippen LogP contribution in [-0.2, 0) is 4.74 Å². The molecule has 0 bridgehead atoms. The molecule has 2 fully saturated rings. The van der Waals surface area contributed by atoms with Crippen molar-refractivity contribution >= 4 is 11.8 Å². The normalized spacial score (nSPS) is 45.8. The topological polar surface area (TPSA) is 90.2 Å². The monoisotopic (exact) mass is 312 g/mol. The average molecular weight is 312 g/mol. The Labute approximate surface area is 127 Å². The van der Waals surface area contributed by atoms with Crippen molar-refractivity contribution in [2.75, 3.05) is 5.75 Å². The fraction of sp³-hybridized carbons (Fsp3) is 0.600. The van der Waals surface area contributed by atoms with Crippen molar-refractivity contribution < 1.29 is 25.2 Å². The average Bonchev–Trinajstić information content (AvgIpc) is 2.49. The number of ether oxygens (including phenoxy) is 1. The Morgan fingerprint density at radius 2 is 1.81 bits per heavy atom. The summed E-state index contributed by atoms with van der Waals surface area (Å²) in [6.07, 6.45) is -4.33. The van der Waals surface area contributed by atoms with Crippen molar-refractivity contribution in [2.45, 2.75) is 48.3 Å². The van der Waals surface area contributed by atoms with Gasteiger partial charge in [0.2, 0.25) is 0 Å². The predicted molar refractivity (Wildman–Crippen MR) is 78.9 cm³/mol. The number of hydrogen-bond acceptors (Lipinski definition) is 6. The molecular formula is C15H20O5S. The number of rotatable bonds is 3. The Morgan fingerprint density at radius 1 is 1.14 bits per heavy atom. The van der Waals surface area contributed by atoms with Gasteiger partial charge in [0.15, 0.2) is 0 Å². The summed E-state index contributed by atoms with van der Waals surface area (Å²) >= 11 is 1.35. The number of hydrogen-bond donors (Lipinski definition) is 4. The molecule has 0 aromatic heterocycles. The van der Waals surface area contributed by atoms with Crippen LogP contribution in [0.1, 0.15) is 18.4 Å². The SMILES string of the molecule is CCSC1O[C@@H]2C(O)C(c3ccccc3)[C@@]2(O)[C@H](O)[C@H]1O. The van der Waals surface area contributed by atoms with Gasteiger partial charge in [-0.1, -0.05) is 37.3 Å². The highest BCUT2D eigenvalue weighted by atomic mass is 32.2. The van der Waals surface area contributed by atoms with E-state index in [0.717, 1.165) is 5.56 Å². The van der Waals surface area contributed by atoms with Gasteiger partial charge in [-0.2, -0.15) is 0 Å². The Bertz CT molecular complexity index is 494. The van der Waals surface area contributed by atoms with Gasteiger partial charge >= 0.3 is 0 Å². The fourth-order valence-corrected chi connectivity index (χ4v) is 4.27. The van der Waals surface area contributed by atoms with Crippen LogP contribution in [-0.4, -0.2) is 61.6 Å². The van der Waals surface area contributed by atoms with Crippen LogP contribution in [0.15, 0.2) is 30.3 Å². The summed E-state index contributed by atoms with van der Waals surface area (Å²) in [5.74, 6) is 0.0403. The number of benzene rings is 1. The van der Waals surface area contributed by atoms with Crippen LogP contribution in [0.25, 0.3) is 0 Å². The highest BCUT2D eigenvalue weighted by molar-refractivity contribution is 7.99. The molecule has 3 rings (SSSR count). The molecule has 3 unspecified atom stereocenters. The molecule has 21 heavy (non-hydrogen) atoms. The molecule has 2 aliphatic rings. The van der Waals surface area contributed by atoms with Crippen molar-refractivity contribution in [3.8, 4) is 0 Å². The van der Waals surface area contributed by atoms with Crippen LogP contribution < -0.4 is 0 Å². The van der Waals surface area contributed by atoms with Crippen molar-refractivity contribution in [1.82, 2.24) is 0 Å². The second-order valence-electron chi connectivity index (χ2n) is 5.58. The maximum Gasteiger partial charge on any atom is 0.132 e. The van der Waals surface area contributed by atoms with Crippen molar-refractivity contribution in [1.29, 1.82) is 0 Å². The van der Waals surface area contributed by atoms with Gasteiger partial charge in [-0.15, -0.1) is 11.8 Å². The summed E-state index contributed by atoms with van der Waals surface area (Å²) in [4.78, 5) is 0. The van der Waals surface area contributed by atoms with E-state index in [9.17, 15) is 20.4 Å². The van der Waals surface area contributed by atoms with E-state index < -0.39 is 41.4 Å². The maximum atomic E-state index is 10.8. The number of aliphatic hydroxyl groups excluding tert-OH is 3. The molecule has 0 amide bonds. The van der Waals surface area contributed by atoms with Crippen LogP contribution >= 0.6 is 11.8 Å². The van der Waals surface area contributed by atoms with Crippen LogP contribution in [0.5, 0.6) is 0 Å². The lowest BCUT2D eigenvalue weighted by Crippen LogP contribution is -2.79. The van der Waals surface area contributed by atoms with Crippen molar-refractivity contribution in [3.05, 3.63) is 35.9 Å². The molecule has 1 heterocycles. The van der Waals surface area contributed by atoms with E-state index in [-0.39, 0.29) is 0 Å². The summed E-state index contributed by atoms with van der Waals surface area (Å²) in [6, 6.07) is 9.02. The van der Waals surface area contributed by atoms with Crippen LogP contribution in [0.3, 0.4) is 0 Å². The van der Waals surface area contributed by atoms with E-state index >= 15 is 0 Å². The minimum atomic E-state index is -1.66. The van der Waals surface area contributed by atoms with Crippen LogP contribution in [0, 0.1) is 0 Å². The van der Waals surface area contributed by atoms with E-state index in [1.807, 2.05) is 13.0 Å². The van der Waals surface area contributed by atoms with Crippen molar-refractivity contribution in [2.24, 2.45) is 0 Å². The summed E-state index contributed by atoms with van der Waals surface area (Å²) < 4.78 is 5.63. The zero-order valence-corrected chi connectivity index (χ0v) is 12.5. The molecule has 6 heteroatoms. The fourth-order valence-electron chi connectivity index (χ4n) is 3.40. The van der Waals surface area contributed by atoms with Gasteiger partial charge in [-0.3, -0.25) is 0 Å². The largest absolute Gasteiger partial charge is 0.390 e. The Hall–Kier alpha value is -0.630. The molecule has 0 radical (unpaired) electrons. The predicted octanol–water partition coefficient (Wildman–Crippen LogP) is 0.0756. The zero-order valence-electron chi connectivity index (χ0n) is 11.7. The molecule has 1 aliphatic carbocycles.